The molecule has 0 saturated carbocycles. The zero-order valence-electron chi connectivity index (χ0n) is 12.1. The quantitative estimate of drug-likeness (QED) is 0.359. The standard InChI is InChI=1S/C15H19Br2Cl3O2/c1-8-15(20)14-6-10(17)11(18)7-12(19)13(22-14)5-9(21-8)3-2-4-16/h3-4,8-15H,5-7H2,1H3/t2?,8-,9+,10-,11+,12+,13+,14+,15-/m1/s1. The predicted molar refractivity (Wildman–Crippen MR) is 100 cm³/mol. The first-order chi connectivity index (χ1) is 10.4. The smallest absolute Gasteiger partial charge is 0.0859 e. The van der Waals surface area contributed by atoms with Gasteiger partial charge < -0.3 is 9.47 Å². The van der Waals surface area contributed by atoms with Gasteiger partial charge in [0.15, 0.2) is 0 Å². The van der Waals surface area contributed by atoms with Crippen LogP contribution in [0.15, 0.2) is 16.8 Å². The number of rotatable bonds is 1. The summed E-state index contributed by atoms with van der Waals surface area (Å²) < 4.78 is 12.3. The third-order valence-electron chi connectivity index (χ3n) is 4.06. The van der Waals surface area contributed by atoms with Crippen LogP contribution in [0, 0.1) is 0 Å². The van der Waals surface area contributed by atoms with E-state index in [0.717, 1.165) is 6.42 Å². The highest BCUT2D eigenvalue weighted by Gasteiger charge is 2.41. The minimum absolute atomic E-state index is 0.0349. The average Bonchev–Trinajstić information content (AvgIpc) is 2.47. The lowest BCUT2D eigenvalue weighted by molar-refractivity contribution is -0.108. The third-order valence-corrected chi connectivity index (χ3v) is 7.21. The molecule has 0 aliphatic carbocycles. The Morgan fingerprint density at radius 1 is 1.05 bits per heavy atom. The molecule has 0 aromatic carbocycles. The van der Waals surface area contributed by atoms with Crippen LogP contribution in [-0.4, -0.2) is 45.4 Å². The van der Waals surface area contributed by atoms with E-state index < -0.39 is 0 Å². The summed E-state index contributed by atoms with van der Waals surface area (Å²) in [4.78, 5) is 1.79. The van der Waals surface area contributed by atoms with Gasteiger partial charge >= 0.3 is 0 Å². The van der Waals surface area contributed by atoms with Crippen LogP contribution in [0.25, 0.3) is 0 Å². The van der Waals surface area contributed by atoms with Crippen LogP contribution in [0.1, 0.15) is 26.2 Å². The molecule has 0 aromatic rings. The Kier molecular flexibility index (Phi) is 8.11. The lowest BCUT2D eigenvalue weighted by Crippen LogP contribution is -2.49. The van der Waals surface area contributed by atoms with Crippen molar-refractivity contribution in [2.75, 3.05) is 0 Å². The summed E-state index contributed by atoms with van der Waals surface area (Å²) in [6.45, 7) is 1.97. The summed E-state index contributed by atoms with van der Waals surface area (Å²) >= 11 is 26.4. The minimum Gasteiger partial charge on any atom is -0.372 e. The fourth-order valence-electron chi connectivity index (χ4n) is 2.85. The summed E-state index contributed by atoms with van der Waals surface area (Å²) in [5.41, 5.74) is 3.00. The van der Waals surface area contributed by atoms with E-state index in [0.29, 0.717) is 12.8 Å². The van der Waals surface area contributed by atoms with Gasteiger partial charge in [0.1, 0.15) is 0 Å². The summed E-state index contributed by atoms with van der Waals surface area (Å²) in [6, 6.07) is 0. The molecule has 2 rings (SSSR count). The Labute approximate surface area is 163 Å². The Balaban J connectivity index is 2.24. The van der Waals surface area contributed by atoms with Crippen molar-refractivity contribution in [1.29, 1.82) is 0 Å². The van der Waals surface area contributed by atoms with Crippen LogP contribution in [0.5, 0.6) is 0 Å². The van der Waals surface area contributed by atoms with Crippen molar-refractivity contribution in [1.82, 2.24) is 0 Å². The highest BCUT2D eigenvalue weighted by molar-refractivity contribution is 9.11. The van der Waals surface area contributed by atoms with E-state index in [9.17, 15) is 0 Å². The number of hydrogen-bond acceptors (Lipinski definition) is 2. The molecule has 2 fully saturated rings. The molecule has 0 unspecified atom stereocenters. The van der Waals surface area contributed by atoms with Gasteiger partial charge in [-0.25, -0.2) is 0 Å². The van der Waals surface area contributed by atoms with Crippen molar-refractivity contribution in [2.45, 2.75) is 71.6 Å². The van der Waals surface area contributed by atoms with Gasteiger partial charge in [0, 0.05) is 21.6 Å². The normalized spacial score (nSPS) is 46.5. The molecule has 2 aliphatic heterocycles. The first-order valence-corrected chi connectivity index (χ1v) is 10.4. The number of fused-ring (bicyclic) bond motifs is 2. The fraction of sp³-hybridized carbons (Fsp3) is 0.800. The molecular formula is C15H19Br2Cl3O2. The van der Waals surface area contributed by atoms with E-state index in [-0.39, 0.29) is 45.4 Å². The lowest BCUT2D eigenvalue weighted by atomic mass is 9.95. The molecule has 126 valence electrons. The van der Waals surface area contributed by atoms with Crippen molar-refractivity contribution in [3.05, 3.63) is 16.8 Å². The van der Waals surface area contributed by atoms with Crippen LogP contribution in [0.3, 0.4) is 0 Å². The predicted octanol–water partition coefficient (Wildman–Crippen LogP) is 5.36. The van der Waals surface area contributed by atoms with E-state index in [1.807, 2.05) is 13.0 Å². The van der Waals surface area contributed by atoms with E-state index in [1.165, 1.54) is 0 Å². The van der Waals surface area contributed by atoms with Crippen molar-refractivity contribution in [2.24, 2.45) is 0 Å². The van der Waals surface area contributed by atoms with Gasteiger partial charge in [-0.15, -0.1) is 40.5 Å². The number of alkyl halides is 4. The highest BCUT2D eigenvalue weighted by atomic mass is 79.9. The molecule has 8 atom stereocenters. The molecule has 0 N–H and O–H groups in total. The maximum atomic E-state index is 6.59. The second-order valence-corrected chi connectivity index (χ2v) is 8.99. The van der Waals surface area contributed by atoms with Crippen LogP contribution >= 0.6 is 66.7 Å². The van der Waals surface area contributed by atoms with Crippen LogP contribution < -0.4 is 0 Å². The molecule has 2 aliphatic rings. The molecule has 2 heterocycles. The lowest BCUT2D eigenvalue weighted by Gasteiger charge is -2.41. The Hall–Kier alpha value is 1.27. The minimum atomic E-state index is -0.252. The number of halogens is 5. The molecular weight excluding hydrogens is 478 g/mol. The first-order valence-electron chi connectivity index (χ1n) is 7.30. The average molecular weight is 497 g/mol. The topological polar surface area (TPSA) is 18.5 Å². The number of hydrogen-bond donors (Lipinski definition) is 0. The Morgan fingerprint density at radius 3 is 2.45 bits per heavy atom. The Morgan fingerprint density at radius 2 is 1.77 bits per heavy atom. The van der Waals surface area contributed by atoms with Gasteiger partial charge in [0.05, 0.1) is 35.2 Å². The van der Waals surface area contributed by atoms with Crippen molar-refractivity contribution < 1.29 is 9.47 Å². The summed E-state index contributed by atoms with van der Waals surface area (Å²) in [5, 5.41) is -0.458. The zero-order chi connectivity index (χ0) is 16.3. The van der Waals surface area contributed by atoms with Gasteiger partial charge in [0.2, 0.25) is 0 Å². The largest absolute Gasteiger partial charge is 0.372 e. The van der Waals surface area contributed by atoms with Gasteiger partial charge in [-0.2, -0.15) is 0 Å². The van der Waals surface area contributed by atoms with Crippen LogP contribution in [-0.2, 0) is 9.47 Å². The zero-order valence-corrected chi connectivity index (χ0v) is 17.5. The van der Waals surface area contributed by atoms with Crippen molar-refractivity contribution in [3.63, 3.8) is 0 Å². The maximum Gasteiger partial charge on any atom is 0.0859 e. The van der Waals surface area contributed by atoms with Crippen molar-refractivity contribution >= 4 is 66.7 Å². The second kappa shape index (κ2) is 9.10. The van der Waals surface area contributed by atoms with E-state index in [2.05, 4.69) is 37.6 Å². The summed E-state index contributed by atoms with van der Waals surface area (Å²) in [6.07, 6.45) is 3.43. The number of ether oxygens (including phenoxy) is 2. The molecule has 7 heteroatoms. The van der Waals surface area contributed by atoms with E-state index in [4.69, 9.17) is 44.3 Å². The molecule has 22 heavy (non-hydrogen) atoms. The van der Waals surface area contributed by atoms with Gasteiger partial charge in [0.25, 0.3) is 0 Å². The molecule has 0 amide bonds. The molecule has 0 radical (unpaired) electrons. The van der Waals surface area contributed by atoms with Crippen LogP contribution in [0.4, 0.5) is 0 Å². The summed E-state index contributed by atoms with van der Waals surface area (Å²) in [5.74, 6) is 0. The fourth-order valence-corrected chi connectivity index (χ4v) is 4.55. The van der Waals surface area contributed by atoms with Crippen LogP contribution in [0.2, 0.25) is 0 Å². The van der Waals surface area contributed by atoms with Gasteiger partial charge in [-0.1, -0.05) is 31.9 Å². The monoisotopic (exact) mass is 494 g/mol. The Bertz CT molecular complexity index is 431. The molecule has 0 spiro atoms. The SMILES string of the molecule is C[C@H]1O[C@@H](C=C=CBr)C[C@@H]2O[C@@H](C[C@@H](Br)[C@@H](Cl)C[C@@H]2Cl)[C@@H]1Cl. The van der Waals surface area contributed by atoms with Crippen molar-refractivity contribution in [3.8, 4) is 0 Å². The molecule has 2 nitrogen and oxygen atoms in total. The second-order valence-electron chi connectivity index (χ2n) is 5.73. The third kappa shape index (κ3) is 5.13. The maximum absolute atomic E-state index is 6.59. The van der Waals surface area contributed by atoms with Gasteiger partial charge in [-0.3, -0.25) is 0 Å². The first kappa shape index (κ1) is 19.6. The summed E-state index contributed by atoms with van der Waals surface area (Å²) in [7, 11) is 0. The molecule has 2 saturated heterocycles. The van der Waals surface area contributed by atoms with E-state index >= 15 is 0 Å². The molecule has 0 aromatic heterocycles. The highest BCUT2D eigenvalue weighted by Crippen LogP contribution is 2.36. The van der Waals surface area contributed by atoms with E-state index in [1.54, 1.807) is 4.99 Å². The van der Waals surface area contributed by atoms with Gasteiger partial charge in [-0.05, 0) is 25.8 Å². The molecule has 2 bridgehead atoms.